The van der Waals surface area contributed by atoms with Gasteiger partial charge in [-0.2, -0.15) is 0 Å². The minimum atomic E-state index is -4.37. The molecule has 0 radical (unpaired) electrons. The Bertz CT molecular complexity index is 1400. The number of phenols is 2. The summed E-state index contributed by atoms with van der Waals surface area (Å²) in [5, 5.41) is 20.4. The second kappa shape index (κ2) is 15.2. The molecule has 1 atom stereocenters. The van der Waals surface area contributed by atoms with Crippen molar-refractivity contribution in [1.82, 2.24) is 0 Å². The van der Waals surface area contributed by atoms with Crippen molar-refractivity contribution in [2.75, 3.05) is 0 Å². The molecular formula is C38H65O8P2+. The molecule has 2 aromatic rings. The summed E-state index contributed by atoms with van der Waals surface area (Å²) in [5.41, 5.74) is 2.56. The van der Waals surface area contributed by atoms with E-state index in [4.69, 9.17) is 4.52 Å². The highest BCUT2D eigenvalue weighted by molar-refractivity contribution is 7.53. The van der Waals surface area contributed by atoms with E-state index in [9.17, 15) is 34.0 Å². The van der Waals surface area contributed by atoms with Gasteiger partial charge in [-0.05, 0) is 92.9 Å². The molecule has 10 heteroatoms. The summed E-state index contributed by atoms with van der Waals surface area (Å²) < 4.78 is 29.2. The summed E-state index contributed by atoms with van der Waals surface area (Å²) in [6.45, 7) is 31.8. The molecule has 0 bridgehead atoms. The quantitative estimate of drug-likeness (QED) is 0.162. The van der Waals surface area contributed by atoms with Gasteiger partial charge in [0, 0.05) is 4.57 Å². The molecule has 0 heterocycles. The van der Waals surface area contributed by atoms with E-state index in [1.165, 1.54) is 0 Å². The maximum Gasteiger partial charge on any atom is 0.695 e. The Morgan fingerprint density at radius 3 is 1.04 bits per heavy atom. The average molecular weight is 712 g/mol. The molecule has 0 saturated carbocycles. The minimum absolute atomic E-state index is 0.227. The SMILES string of the molecule is CCC(CC)(O[P+](=O)O)c1cc(C(C)(C)C)c(O)c(C(C)(C)C)c1.CCC(CC)(c1cc(C(C)(C)C)c(O)c(C(C)(C)C)c1)P(=O)(O)O. The monoisotopic (exact) mass is 711 g/mol. The summed E-state index contributed by atoms with van der Waals surface area (Å²) in [6.07, 6.45) is 1.82. The molecule has 0 amide bonds. The Balaban J connectivity index is 0.000000480. The predicted molar refractivity (Wildman–Crippen MR) is 198 cm³/mol. The molecule has 0 fully saturated rings. The molecule has 0 spiro atoms. The zero-order valence-corrected chi connectivity index (χ0v) is 34.3. The van der Waals surface area contributed by atoms with Gasteiger partial charge in [-0.1, -0.05) is 123 Å². The van der Waals surface area contributed by atoms with Crippen LogP contribution in [-0.2, 0) is 46.1 Å². The van der Waals surface area contributed by atoms with Crippen molar-refractivity contribution >= 4 is 15.9 Å². The summed E-state index contributed by atoms with van der Waals surface area (Å²) in [6, 6.07) is 7.43. The lowest BCUT2D eigenvalue weighted by atomic mass is 9.75. The molecule has 0 saturated heterocycles. The Morgan fingerprint density at radius 2 is 0.854 bits per heavy atom. The van der Waals surface area contributed by atoms with Gasteiger partial charge in [0.25, 0.3) is 0 Å². The molecule has 2 aromatic carbocycles. The van der Waals surface area contributed by atoms with Gasteiger partial charge in [0.2, 0.25) is 0 Å². The molecular weight excluding hydrogens is 646 g/mol. The molecule has 8 nitrogen and oxygen atoms in total. The van der Waals surface area contributed by atoms with E-state index in [2.05, 4.69) is 0 Å². The van der Waals surface area contributed by atoms with Gasteiger partial charge in [0.1, 0.15) is 11.5 Å². The third-order valence-corrected chi connectivity index (χ3v) is 12.1. The number of phenolic OH excluding ortho intramolecular Hbond substituents is 2. The van der Waals surface area contributed by atoms with Crippen LogP contribution in [0.15, 0.2) is 24.3 Å². The second-order valence-corrected chi connectivity index (χ2v) is 19.8. The van der Waals surface area contributed by atoms with E-state index in [1.54, 1.807) is 12.1 Å². The van der Waals surface area contributed by atoms with Crippen LogP contribution in [0.3, 0.4) is 0 Å². The molecule has 5 N–H and O–H groups in total. The Hall–Kier alpha value is -1.79. The zero-order valence-electron chi connectivity index (χ0n) is 32.5. The average Bonchev–Trinajstić information content (AvgIpc) is 2.90. The highest BCUT2D eigenvalue weighted by atomic mass is 31.2. The minimum Gasteiger partial charge on any atom is -0.507 e. The lowest BCUT2D eigenvalue weighted by Crippen LogP contribution is -2.28. The predicted octanol–water partition coefficient (Wildman–Crippen LogP) is 10.8. The fraction of sp³-hybridized carbons (Fsp3) is 0.684. The molecule has 0 aliphatic rings. The third kappa shape index (κ3) is 9.71. The molecule has 0 aliphatic carbocycles. The van der Waals surface area contributed by atoms with Gasteiger partial charge in [-0.15, -0.1) is 9.42 Å². The van der Waals surface area contributed by atoms with Gasteiger partial charge >= 0.3 is 15.9 Å². The molecule has 48 heavy (non-hydrogen) atoms. The number of rotatable bonds is 9. The highest BCUT2D eigenvalue weighted by Crippen LogP contribution is 2.62. The summed E-state index contributed by atoms with van der Waals surface area (Å²) in [4.78, 5) is 29.5. The first kappa shape index (κ1) is 44.2. The number of aromatic hydroxyl groups is 2. The topological polar surface area (TPSA) is 145 Å². The maximum atomic E-state index is 12.4. The van der Waals surface area contributed by atoms with E-state index >= 15 is 0 Å². The van der Waals surface area contributed by atoms with Crippen LogP contribution in [0.5, 0.6) is 11.5 Å². The zero-order chi connectivity index (χ0) is 38.1. The third-order valence-electron chi connectivity index (χ3n) is 9.64. The summed E-state index contributed by atoms with van der Waals surface area (Å²) >= 11 is 0. The molecule has 1 unspecified atom stereocenters. The van der Waals surface area contributed by atoms with Crippen molar-refractivity contribution in [2.24, 2.45) is 0 Å². The smallest absolute Gasteiger partial charge is 0.507 e. The van der Waals surface area contributed by atoms with Crippen LogP contribution in [-0.4, -0.2) is 24.9 Å². The number of benzene rings is 2. The largest absolute Gasteiger partial charge is 0.695 e. The second-order valence-electron chi connectivity index (χ2n) is 17.2. The standard InChI is InChI=1S/C19H33O4P.C19H31O4P/c1-9-19(10-2,24(21,22)23)13-11-14(17(3,4)5)16(20)15(12-13)18(6,7)8;1-9-19(10-2,23-24(21)22)13-11-14(17(3,4)5)16(20)15(12-13)18(6,7)8/h11-12,20H,9-10H2,1-8H3,(H2,21,22,23);11-12H,9-10H2,1-8H3,(H-,20,21,22)/p+1. The number of hydrogen-bond donors (Lipinski definition) is 5. The van der Waals surface area contributed by atoms with Gasteiger partial charge in [-0.25, -0.2) is 0 Å². The Labute approximate surface area is 291 Å². The Kier molecular flexibility index (Phi) is 14.0. The van der Waals surface area contributed by atoms with E-state index in [0.717, 1.165) is 27.8 Å². The lowest BCUT2D eigenvalue weighted by molar-refractivity contribution is 0.0533. The molecule has 0 aliphatic heterocycles. The molecule has 274 valence electrons. The van der Waals surface area contributed by atoms with Crippen molar-refractivity contribution in [2.45, 2.75) is 169 Å². The van der Waals surface area contributed by atoms with Crippen molar-refractivity contribution in [1.29, 1.82) is 0 Å². The highest BCUT2D eigenvalue weighted by Gasteiger charge is 2.47. The summed E-state index contributed by atoms with van der Waals surface area (Å²) in [5.74, 6) is 0.527. The van der Waals surface area contributed by atoms with Gasteiger partial charge in [-0.3, -0.25) is 4.57 Å². The fourth-order valence-electron chi connectivity index (χ4n) is 6.32. The van der Waals surface area contributed by atoms with Crippen LogP contribution in [0, 0.1) is 0 Å². The first-order chi connectivity index (χ1) is 21.4. The Morgan fingerprint density at radius 1 is 0.583 bits per heavy atom. The molecule has 0 aromatic heterocycles. The van der Waals surface area contributed by atoms with Gasteiger partial charge < -0.3 is 20.0 Å². The van der Waals surface area contributed by atoms with E-state index in [0.29, 0.717) is 37.0 Å². The maximum absolute atomic E-state index is 12.4. The summed E-state index contributed by atoms with van der Waals surface area (Å²) in [7, 11) is -7.09. The van der Waals surface area contributed by atoms with Crippen LogP contribution >= 0.6 is 15.9 Å². The van der Waals surface area contributed by atoms with E-state index in [1.807, 2.05) is 123 Å². The van der Waals surface area contributed by atoms with Crippen LogP contribution in [0.25, 0.3) is 0 Å². The van der Waals surface area contributed by atoms with Crippen LogP contribution in [0.4, 0.5) is 0 Å². The fourth-order valence-corrected chi connectivity index (χ4v) is 8.27. The van der Waals surface area contributed by atoms with Gasteiger partial charge in [0.15, 0.2) is 5.60 Å². The first-order valence-corrected chi connectivity index (χ1v) is 19.8. The van der Waals surface area contributed by atoms with Crippen molar-refractivity contribution in [3.8, 4) is 11.5 Å². The van der Waals surface area contributed by atoms with Crippen molar-refractivity contribution in [3.05, 3.63) is 57.6 Å². The van der Waals surface area contributed by atoms with Crippen LogP contribution < -0.4 is 0 Å². The normalized spacial score (nSPS) is 14.0. The first-order valence-electron chi connectivity index (χ1n) is 17.1. The molecule has 2 rings (SSSR count). The number of hydrogen-bond acceptors (Lipinski definition) is 5. The van der Waals surface area contributed by atoms with Crippen molar-refractivity contribution < 1.29 is 38.5 Å². The van der Waals surface area contributed by atoms with Crippen LogP contribution in [0.2, 0.25) is 0 Å². The van der Waals surface area contributed by atoms with E-state index < -0.39 is 26.6 Å². The van der Waals surface area contributed by atoms with Crippen molar-refractivity contribution in [3.63, 3.8) is 0 Å². The van der Waals surface area contributed by atoms with Crippen LogP contribution in [0.1, 0.15) is 170 Å². The van der Waals surface area contributed by atoms with Gasteiger partial charge in [0.05, 0.1) is 5.16 Å². The van der Waals surface area contributed by atoms with E-state index in [-0.39, 0.29) is 27.4 Å². The lowest BCUT2D eigenvalue weighted by Gasteiger charge is -2.36.